The Bertz CT molecular complexity index is 343. The molecule has 3 N–H and O–H groups in total. The Hall–Kier alpha value is -0.870. The quantitative estimate of drug-likeness (QED) is 0.685. The van der Waals surface area contributed by atoms with Crippen LogP contribution in [0.4, 0.5) is 0 Å². The van der Waals surface area contributed by atoms with Gasteiger partial charge in [0.05, 0.1) is 18.1 Å². The maximum atomic E-state index is 10.8. The molecule has 1 saturated carbocycles. The van der Waals surface area contributed by atoms with Crippen LogP contribution in [-0.4, -0.2) is 33.0 Å². The van der Waals surface area contributed by atoms with Gasteiger partial charge >= 0.3 is 5.97 Å². The summed E-state index contributed by atoms with van der Waals surface area (Å²) >= 11 is 0. The number of aliphatic hydroxyl groups excluding tert-OH is 1. The zero-order valence-electron chi connectivity index (χ0n) is 12.1. The molecule has 0 bridgehead atoms. The van der Waals surface area contributed by atoms with Gasteiger partial charge in [-0.15, -0.1) is 0 Å². The summed E-state index contributed by atoms with van der Waals surface area (Å²) in [5, 5.41) is 29.0. The van der Waals surface area contributed by atoms with Crippen molar-refractivity contribution in [1.82, 2.24) is 0 Å². The van der Waals surface area contributed by atoms with E-state index in [1.165, 1.54) is 0 Å². The van der Waals surface area contributed by atoms with Gasteiger partial charge in [0, 0.05) is 0 Å². The smallest absolute Gasteiger partial charge is 0.306 e. The fraction of sp³-hybridized carbons (Fsp3) is 0.800. The molecule has 1 aliphatic rings. The number of carboxylic acid groups (broad SMARTS) is 1. The SMILES string of the molecule is CC(C)(C)C(O)/C=C/C1CCCC(O)(CC(=O)O)C1. The first-order chi connectivity index (χ1) is 8.62. The lowest BCUT2D eigenvalue weighted by Crippen LogP contribution is -2.37. The Morgan fingerprint density at radius 1 is 1.47 bits per heavy atom. The van der Waals surface area contributed by atoms with Crippen LogP contribution in [0.25, 0.3) is 0 Å². The fourth-order valence-electron chi connectivity index (χ4n) is 2.54. The molecule has 0 heterocycles. The molecule has 3 atom stereocenters. The van der Waals surface area contributed by atoms with E-state index >= 15 is 0 Å². The second-order valence-electron chi connectivity index (χ2n) is 6.85. The highest BCUT2D eigenvalue weighted by Crippen LogP contribution is 2.35. The van der Waals surface area contributed by atoms with Gasteiger partial charge in [0.1, 0.15) is 0 Å². The lowest BCUT2D eigenvalue weighted by Gasteiger charge is -2.35. The van der Waals surface area contributed by atoms with Gasteiger partial charge in [-0.05, 0) is 37.0 Å². The summed E-state index contributed by atoms with van der Waals surface area (Å²) in [6, 6.07) is 0. The van der Waals surface area contributed by atoms with Crippen molar-refractivity contribution in [3.05, 3.63) is 12.2 Å². The number of hydrogen-bond donors (Lipinski definition) is 3. The largest absolute Gasteiger partial charge is 0.481 e. The minimum Gasteiger partial charge on any atom is -0.481 e. The number of rotatable bonds is 4. The molecule has 0 spiro atoms. The molecule has 1 rings (SSSR count). The van der Waals surface area contributed by atoms with Gasteiger partial charge in [0.2, 0.25) is 0 Å². The molecular formula is C15H26O4. The van der Waals surface area contributed by atoms with Crippen molar-refractivity contribution in [3.63, 3.8) is 0 Å². The topological polar surface area (TPSA) is 77.8 Å². The maximum Gasteiger partial charge on any atom is 0.306 e. The highest BCUT2D eigenvalue weighted by molar-refractivity contribution is 5.68. The lowest BCUT2D eigenvalue weighted by molar-refractivity contribution is -0.144. The fourth-order valence-corrected chi connectivity index (χ4v) is 2.54. The van der Waals surface area contributed by atoms with Crippen molar-refractivity contribution in [1.29, 1.82) is 0 Å². The van der Waals surface area contributed by atoms with Gasteiger partial charge in [-0.25, -0.2) is 0 Å². The molecule has 0 aromatic heterocycles. The van der Waals surface area contributed by atoms with Crippen LogP contribution in [0.1, 0.15) is 52.9 Å². The van der Waals surface area contributed by atoms with Gasteiger partial charge in [0.15, 0.2) is 0 Å². The van der Waals surface area contributed by atoms with E-state index < -0.39 is 17.7 Å². The minimum absolute atomic E-state index is 0.148. The van der Waals surface area contributed by atoms with Crippen molar-refractivity contribution in [2.45, 2.75) is 64.6 Å². The summed E-state index contributed by atoms with van der Waals surface area (Å²) in [6.07, 6.45) is 5.76. The Balaban J connectivity index is 2.60. The predicted octanol–water partition coefficient (Wildman–Crippen LogP) is 2.35. The molecule has 1 fully saturated rings. The number of carboxylic acids is 1. The number of aliphatic hydroxyl groups is 2. The van der Waals surface area contributed by atoms with Crippen LogP contribution in [0.3, 0.4) is 0 Å². The van der Waals surface area contributed by atoms with Gasteiger partial charge in [0.25, 0.3) is 0 Å². The van der Waals surface area contributed by atoms with Crippen LogP contribution in [-0.2, 0) is 4.79 Å². The van der Waals surface area contributed by atoms with E-state index in [-0.39, 0.29) is 17.8 Å². The molecule has 0 aromatic rings. The maximum absolute atomic E-state index is 10.8. The molecule has 0 amide bonds. The molecule has 0 saturated heterocycles. The van der Waals surface area contributed by atoms with Crippen molar-refractivity contribution >= 4 is 5.97 Å². The third-order valence-corrected chi connectivity index (χ3v) is 3.79. The van der Waals surface area contributed by atoms with Gasteiger partial charge < -0.3 is 15.3 Å². The van der Waals surface area contributed by atoms with E-state index in [1.807, 2.05) is 26.8 Å². The molecule has 110 valence electrons. The Labute approximate surface area is 115 Å². The van der Waals surface area contributed by atoms with E-state index in [2.05, 4.69) is 0 Å². The summed E-state index contributed by atoms with van der Waals surface area (Å²) in [7, 11) is 0. The molecule has 0 aromatic carbocycles. The summed E-state index contributed by atoms with van der Waals surface area (Å²) < 4.78 is 0. The second kappa shape index (κ2) is 6.06. The number of carbonyl (C=O) groups is 1. The molecule has 3 unspecified atom stereocenters. The predicted molar refractivity (Wildman–Crippen MR) is 73.8 cm³/mol. The van der Waals surface area contributed by atoms with Crippen LogP contribution >= 0.6 is 0 Å². The van der Waals surface area contributed by atoms with E-state index in [0.717, 1.165) is 12.8 Å². The molecule has 4 nitrogen and oxygen atoms in total. The Kier molecular flexibility index (Phi) is 5.16. The number of aliphatic carboxylic acids is 1. The average molecular weight is 270 g/mol. The standard InChI is InChI=1S/C15H26O4/c1-14(2,3)12(16)7-6-11-5-4-8-15(19,9-11)10-13(17)18/h6-7,11-12,16,19H,4-5,8-10H2,1-3H3,(H,17,18)/b7-6+. The zero-order valence-corrected chi connectivity index (χ0v) is 12.1. The lowest BCUT2D eigenvalue weighted by atomic mass is 9.76. The van der Waals surface area contributed by atoms with Crippen LogP contribution in [0.2, 0.25) is 0 Å². The van der Waals surface area contributed by atoms with Crippen LogP contribution in [0.15, 0.2) is 12.2 Å². The molecule has 4 heteroatoms. The summed E-state index contributed by atoms with van der Waals surface area (Å²) in [5.74, 6) is -0.808. The molecular weight excluding hydrogens is 244 g/mol. The van der Waals surface area contributed by atoms with E-state index in [0.29, 0.717) is 12.8 Å². The third-order valence-electron chi connectivity index (χ3n) is 3.79. The minimum atomic E-state index is -1.09. The monoisotopic (exact) mass is 270 g/mol. The Morgan fingerprint density at radius 3 is 2.63 bits per heavy atom. The average Bonchev–Trinajstić information content (AvgIpc) is 2.22. The Morgan fingerprint density at radius 2 is 2.11 bits per heavy atom. The van der Waals surface area contributed by atoms with Gasteiger partial charge in [-0.1, -0.05) is 32.9 Å². The second-order valence-corrected chi connectivity index (χ2v) is 6.85. The third kappa shape index (κ3) is 5.33. The first kappa shape index (κ1) is 16.2. The van der Waals surface area contributed by atoms with E-state index in [1.54, 1.807) is 6.08 Å². The van der Waals surface area contributed by atoms with E-state index in [9.17, 15) is 15.0 Å². The normalized spacial score (nSPS) is 30.5. The highest BCUT2D eigenvalue weighted by atomic mass is 16.4. The molecule has 19 heavy (non-hydrogen) atoms. The highest BCUT2D eigenvalue weighted by Gasteiger charge is 2.35. The summed E-state index contributed by atoms with van der Waals surface area (Å²) in [4.78, 5) is 10.8. The van der Waals surface area contributed by atoms with Crippen molar-refractivity contribution in [2.24, 2.45) is 11.3 Å². The first-order valence-electron chi connectivity index (χ1n) is 6.93. The molecule has 0 radical (unpaired) electrons. The molecule has 0 aliphatic heterocycles. The van der Waals surface area contributed by atoms with Crippen molar-refractivity contribution < 1.29 is 20.1 Å². The van der Waals surface area contributed by atoms with Crippen LogP contribution < -0.4 is 0 Å². The zero-order chi connectivity index (χ0) is 14.7. The molecule has 1 aliphatic carbocycles. The summed E-state index contributed by atoms with van der Waals surface area (Å²) in [5.41, 5.74) is -1.30. The van der Waals surface area contributed by atoms with Crippen LogP contribution in [0.5, 0.6) is 0 Å². The number of allylic oxidation sites excluding steroid dienone is 1. The van der Waals surface area contributed by atoms with Gasteiger partial charge in [-0.2, -0.15) is 0 Å². The van der Waals surface area contributed by atoms with Crippen molar-refractivity contribution in [2.75, 3.05) is 0 Å². The van der Waals surface area contributed by atoms with Crippen LogP contribution in [0, 0.1) is 11.3 Å². The summed E-state index contributed by atoms with van der Waals surface area (Å²) in [6.45, 7) is 5.89. The van der Waals surface area contributed by atoms with E-state index in [4.69, 9.17) is 5.11 Å². The van der Waals surface area contributed by atoms with Crippen molar-refractivity contribution in [3.8, 4) is 0 Å². The number of hydrogen-bond acceptors (Lipinski definition) is 3. The van der Waals surface area contributed by atoms with Gasteiger partial charge in [-0.3, -0.25) is 4.79 Å². The first-order valence-corrected chi connectivity index (χ1v) is 6.93.